The van der Waals surface area contributed by atoms with E-state index in [1.165, 1.54) is 37.6 Å². The first-order valence-electron chi connectivity index (χ1n) is 12.6. The van der Waals surface area contributed by atoms with Crippen LogP contribution in [0.2, 0.25) is 0 Å². The number of nitrogens with two attached hydrogens (primary N) is 1. The van der Waals surface area contributed by atoms with Gasteiger partial charge in [0.1, 0.15) is 17.2 Å². The Kier molecular flexibility index (Phi) is 8.53. The molecule has 1 fully saturated rings. The van der Waals surface area contributed by atoms with Gasteiger partial charge < -0.3 is 15.4 Å². The molecule has 0 bridgehead atoms. The zero-order valence-electron chi connectivity index (χ0n) is 23.0. The van der Waals surface area contributed by atoms with Crippen molar-refractivity contribution in [3.05, 3.63) is 54.0 Å². The van der Waals surface area contributed by atoms with Crippen molar-refractivity contribution in [2.75, 3.05) is 19.0 Å². The van der Waals surface area contributed by atoms with Gasteiger partial charge in [-0.1, -0.05) is 17.4 Å². The van der Waals surface area contributed by atoms with Gasteiger partial charge in [0.15, 0.2) is 5.13 Å². The summed E-state index contributed by atoms with van der Waals surface area (Å²) in [5, 5.41) is 2.73. The molecule has 0 radical (unpaired) electrons. The second kappa shape index (κ2) is 11.5. The van der Waals surface area contributed by atoms with Crippen LogP contribution in [0.1, 0.15) is 31.7 Å². The third-order valence-electron chi connectivity index (χ3n) is 6.95. The van der Waals surface area contributed by atoms with Crippen molar-refractivity contribution in [1.82, 2.24) is 19.6 Å². The SMILES string of the molecule is COc1cccc(S(=O)(=O)N[C@@H]2C[C@@H](C(N)=O)N(C(=O)Nc3nc(C)c(-c4ccnc(C(C)(C)C(F)(F)F)c4)s3)C2)c1. The lowest BCUT2D eigenvalue weighted by molar-refractivity contribution is -0.181. The number of ether oxygens (including phenoxy) is 1. The molecule has 3 heterocycles. The summed E-state index contributed by atoms with van der Waals surface area (Å²) in [5.41, 5.74) is 4.06. The van der Waals surface area contributed by atoms with Crippen molar-refractivity contribution < 1.29 is 35.9 Å². The molecule has 0 aliphatic carbocycles. The summed E-state index contributed by atoms with van der Waals surface area (Å²) in [4.78, 5) is 35.2. The number of carbonyl (C=O) groups excluding carboxylic acids is 2. The lowest BCUT2D eigenvalue weighted by atomic mass is 9.87. The normalized spacial score (nSPS) is 17.7. The summed E-state index contributed by atoms with van der Waals surface area (Å²) in [6.07, 6.45) is -3.29. The minimum Gasteiger partial charge on any atom is -0.497 e. The Morgan fingerprint density at radius 1 is 1.19 bits per heavy atom. The van der Waals surface area contributed by atoms with Gasteiger partial charge >= 0.3 is 12.2 Å². The maximum atomic E-state index is 13.6. The molecule has 11 nitrogen and oxygen atoms in total. The molecule has 1 aliphatic heterocycles. The number of primary amides is 1. The van der Waals surface area contributed by atoms with Crippen LogP contribution in [0.15, 0.2) is 47.5 Å². The number of halogens is 3. The van der Waals surface area contributed by atoms with Gasteiger partial charge in [-0.3, -0.25) is 15.1 Å². The minimum absolute atomic E-state index is 0.0518. The highest BCUT2D eigenvalue weighted by molar-refractivity contribution is 7.89. The van der Waals surface area contributed by atoms with Crippen molar-refractivity contribution in [2.45, 2.75) is 55.8 Å². The van der Waals surface area contributed by atoms with E-state index in [9.17, 15) is 31.2 Å². The molecule has 1 saturated heterocycles. The van der Waals surface area contributed by atoms with Crippen molar-refractivity contribution in [3.8, 4) is 16.2 Å². The van der Waals surface area contributed by atoms with Crippen LogP contribution < -0.4 is 20.5 Å². The molecule has 3 amide bonds. The number of benzene rings is 1. The number of rotatable bonds is 8. The fraction of sp³-hybridized carbons (Fsp3) is 0.385. The Hall–Kier alpha value is -3.76. The molecule has 0 spiro atoms. The zero-order chi connectivity index (χ0) is 31.0. The van der Waals surface area contributed by atoms with Crippen LogP contribution in [0, 0.1) is 6.92 Å². The van der Waals surface area contributed by atoms with E-state index in [4.69, 9.17) is 10.5 Å². The summed E-state index contributed by atoms with van der Waals surface area (Å²) in [6.45, 7) is 3.57. The Bertz CT molecular complexity index is 1610. The number of hydrogen-bond donors (Lipinski definition) is 3. The third kappa shape index (κ3) is 6.34. The van der Waals surface area contributed by atoms with Crippen molar-refractivity contribution in [1.29, 1.82) is 0 Å². The summed E-state index contributed by atoms with van der Waals surface area (Å²) in [6, 6.07) is 6.05. The molecule has 4 rings (SSSR count). The number of anilines is 1. The van der Waals surface area contributed by atoms with Crippen LogP contribution in [-0.4, -0.2) is 67.1 Å². The predicted molar refractivity (Wildman–Crippen MR) is 150 cm³/mol. The number of nitrogens with zero attached hydrogens (tertiary/aromatic N) is 3. The fourth-order valence-corrected chi connectivity index (χ4v) is 6.64. The van der Waals surface area contributed by atoms with Crippen molar-refractivity contribution >= 4 is 38.4 Å². The quantitative estimate of drug-likeness (QED) is 0.343. The molecule has 2 aromatic heterocycles. The van der Waals surface area contributed by atoms with Crippen LogP contribution in [0.25, 0.3) is 10.4 Å². The minimum atomic E-state index is -4.52. The smallest absolute Gasteiger partial charge is 0.399 e. The summed E-state index contributed by atoms with van der Waals surface area (Å²) in [5.74, 6) is -0.480. The second-order valence-electron chi connectivity index (χ2n) is 10.2. The molecule has 1 aliphatic rings. The van der Waals surface area contributed by atoms with E-state index in [1.807, 2.05) is 0 Å². The van der Waals surface area contributed by atoms with Crippen LogP contribution in [0.5, 0.6) is 5.75 Å². The van der Waals surface area contributed by atoms with Gasteiger partial charge in [0.2, 0.25) is 15.9 Å². The number of aromatic nitrogens is 2. The maximum absolute atomic E-state index is 13.6. The fourth-order valence-electron chi connectivity index (χ4n) is 4.41. The first-order valence-corrected chi connectivity index (χ1v) is 14.9. The van der Waals surface area contributed by atoms with Gasteiger partial charge in [0.25, 0.3) is 0 Å². The van der Waals surface area contributed by atoms with Gasteiger partial charge in [-0.05, 0) is 57.0 Å². The molecular weight excluding hydrogens is 597 g/mol. The number of carbonyl (C=O) groups is 2. The number of methoxy groups -OCH3 is 1. The molecule has 3 aromatic rings. The maximum Gasteiger partial charge on any atom is 0.399 e. The number of hydrogen-bond acceptors (Lipinski definition) is 8. The monoisotopic (exact) mass is 626 g/mol. The average molecular weight is 627 g/mol. The first kappa shape index (κ1) is 31.2. The topological polar surface area (TPSA) is 157 Å². The average Bonchev–Trinajstić information content (AvgIpc) is 3.51. The highest BCUT2D eigenvalue weighted by atomic mass is 32.2. The molecule has 2 atom stereocenters. The molecule has 16 heteroatoms. The van der Waals surface area contributed by atoms with Crippen molar-refractivity contribution in [2.24, 2.45) is 5.73 Å². The standard InChI is InChI=1S/C26H29F3N6O5S2/c1-14-21(15-8-9-31-20(10-15)25(2,3)26(27,28)29)41-23(32-14)33-24(37)35-13-16(11-19(35)22(30)36)34-42(38,39)18-7-5-6-17(12-18)40-4/h5-10,12,16,19,34H,11,13H2,1-4H3,(H2,30,36)(H,32,33,37)/t16-,19+/m1/s1. The van der Waals surface area contributed by atoms with Crippen LogP contribution in [-0.2, 0) is 20.2 Å². The van der Waals surface area contributed by atoms with E-state index >= 15 is 0 Å². The number of alkyl halides is 3. The second-order valence-corrected chi connectivity index (χ2v) is 12.9. The number of aryl methyl sites for hydroxylation is 1. The van der Waals surface area contributed by atoms with E-state index < -0.39 is 45.6 Å². The Balaban J connectivity index is 1.51. The Morgan fingerprint density at radius 2 is 1.90 bits per heavy atom. The van der Waals surface area contributed by atoms with E-state index in [-0.39, 0.29) is 28.7 Å². The largest absolute Gasteiger partial charge is 0.497 e. The lowest BCUT2D eigenvalue weighted by Crippen LogP contribution is -2.46. The zero-order valence-corrected chi connectivity index (χ0v) is 24.7. The highest BCUT2D eigenvalue weighted by Gasteiger charge is 2.49. The predicted octanol–water partition coefficient (Wildman–Crippen LogP) is 3.80. The van der Waals surface area contributed by atoms with E-state index in [0.717, 1.165) is 30.1 Å². The van der Waals surface area contributed by atoms with E-state index in [1.54, 1.807) is 19.1 Å². The number of amides is 3. The number of nitrogens with one attached hydrogen (secondary N) is 2. The highest BCUT2D eigenvalue weighted by Crippen LogP contribution is 2.41. The molecule has 0 saturated carbocycles. The van der Waals surface area contributed by atoms with Crippen LogP contribution >= 0.6 is 11.3 Å². The van der Waals surface area contributed by atoms with Crippen LogP contribution in [0.3, 0.4) is 0 Å². The number of thiazole rings is 1. The lowest BCUT2D eigenvalue weighted by Gasteiger charge is -2.27. The molecule has 226 valence electrons. The number of urea groups is 1. The summed E-state index contributed by atoms with van der Waals surface area (Å²) in [7, 11) is -2.61. The van der Waals surface area contributed by atoms with E-state index in [2.05, 4.69) is 20.0 Å². The summed E-state index contributed by atoms with van der Waals surface area (Å²) < 4.78 is 74.2. The Labute approximate surface area is 244 Å². The van der Waals surface area contributed by atoms with Gasteiger partial charge in [-0.25, -0.2) is 22.9 Å². The number of pyridine rings is 1. The van der Waals surface area contributed by atoms with Gasteiger partial charge in [0.05, 0.1) is 28.3 Å². The first-order chi connectivity index (χ1) is 19.5. The summed E-state index contributed by atoms with van der Waals surface area (Å²) >= 11 is 1.03. The van der Waals surface area contributed by atoms with Gasteiger partial charge in [0, 0.05) is 24.8 Å². The molecule has 42 heavy (non-hydrogen) atoms. The Morgan fingerprint density at radius 3 is 2.55 bits per heavy atom. The molecular formula is C26H29F3N6O5S2. The number of sulfonamides is 1. The molecule has 4 N–H and O–H groups in total. The molecule has 0 unspecified atom stereocenters. The number of likely N-dealkylation sites (tertiary alicyclic amines) is 1. The molecule has 1 aromatic carbocycles. The van der Waals surface area contributed by atoms with Crippen molar-refractivity contribution in [3.63, 3.8) is 0 Å². The third-order valence-corrected chi connectivity index (χ3v) is 9.59. The van der Waals surface area contributed by atoms with Crippen LogP contribution in [0.4, 0.5) is 23.1 Å². The van der Waals surface area contributed by atoms with E-state index in [0.29, 0.717) is 21.9 Å². The van der Waals surface area contributed by atoms with Gasteiger partial charge in [-0.15, -0.1) is 0 Å². The van der Waals surface area contributed by atoms with Gasteiger partial charge in [-0.2, -0.15) is 13.2 Å².